The van der Waals surface area contributed by atoms with Gasteiger partial charge in [0.2, 0.25) is 0 Å². The van der Waals surface area contributed by atoms with Crippen LogP contribution in [-0.2, 0) is 0 Å². The van der Waals surface area contributed by atoms with Gasteiger partial charge < -0.3 is 15.3 Å². The van der Waals surface area contributed by atoms with Crippen LogP contribution < -0.4 is 10.2 Å². The van der Waals surface area contributed by atoms with Crippen molar-refractivity contribution in [3.63, 3.8) is 0 Å². The summed E-state index contributed by atoms with van der Waals surface area (Å²) in [6.07, 6.45) is 4.43. The Morgan fingerprint density at radius 2 is 2.16 bits per heavy atom. The third kappa shape index (κ3) is 3.35. The van der Waals surface area contributed by atoms with Crippen molar-refractivity contribution in [3.05, 3.63) is 11.9 Å². The van der Waals surface area contributed by atoms with Crippen molar-refractivity contribution in [1.82, 2.24) is 9.97 Å². The van der Waals surface area contributed by atoms with Gasteiger partial charge >= 0.3 is 0 Å². The number of nitrogens with zero attached hydrogens (tertiary/aromatic N) is 3. The van der Waals surface area contributed by atoms with Gasteiger partial charge in [0.1, 0.15) is 18.0 Å². The first-order valence-corrected chi connectivity index (χ1v) is 7.06. The van der Waals surface area contributed by atoms with E-state index in [0.717, 1.165) is 49.6 Å². The Hall–Kier alpha value is -1.36. The van der Waals surface area contributed by atoms with E-state index in [1.165, 1.54) is 0 Å². The molecule has 2 rings (SSSR count). The van der Waals surface area contributed by atoms with E-state index in [1.54, 1.807) is 6.33 Å². The Morgan fingerprint density at radius 1 is 1.42 bits per heavy atom. The summed E-state index contributed by atoms with van der Waals surface area (Å²) in [5.74, 6) is 2.49. The molecule has 0 aromatic carbocycles. The quantitative estimate of drug-likeness (QED) is 0.820. The zero-order valence-electron chi connectivity index (χ0n) is 12.1. The first-order chi connectivity index (χ1) is 9.11. The number of aliphatic hydroxyl groups is 1. The van der Waals surface area contributed by atoms with Crippen molar-refractivity contribution in [1.29, 1.82) is 0 Å². The van der Waals surface area contributed by atoms with Crippen LogP contribution in [0.4, 0.5) is 11.6 Å². The lowest BCUT2D eigenvalue weighted by molar-refractivity contribution is 0.0464. The maximum absolute atomic E-state index is 9.34. The van der Waals surface area contributed by atoms with Gasteiger partial charge in [0.15, 0.2) is 0 Å². The van der Waals surface area contributed by atoms with Crippen LogP contribution in [0.3, 0.4) is 0 Å². The fourth-order valence-corrected chi connectivity index (χ4v) is 2.57. The molecule has 19 heavy (non-hydrogen) atoms. The molecule has 0 unspecified atom stereocenters. The molecule has 5 nitrogen and oxygen atoms in total. The largest absolute Gasteiger partial charge is 0.393 e. The number of hydrogen-bond donors (Lipinski definition) is 2. The predicted octanol–water partition coefficient (Wildman–Crippen LogP) is 1.81. The Kier molecular flexibility index (Phi) is 4.58. The van der Waals surface area contributed by atoms with E-state index in [1.807, 2.05) is 0 Å². The van der Waals surface area contributed by atoms with Crippen LogP contribution in [-0.4, -0.2) is 41.3 Å². The highest BCUT2D eigenvalue weighted by Gasteiger charge is 2.28. The highest BCUT2D eigenvalue weighted by atomic mass is 16.3. The minimum Gasteiger partial charge on any atom is -0.393 e. The van der Waals surface area contributed by atoms with E-state index in [0.29, 0.717) is 5.92 Å². The minimum absolute atomic E-state index is 0.0910. The molecule has 0 bridgehead atoms. The lowest BCUT2D eigenvalue weighted by Gasteiger charge is -2.35. The Bertz CT molecular complexity index is 418. The summed E-state index contributed by atoms with van der Waals surface area (Å²) in [6, 6.07) is 0. The smallest absolute Gasteiger partial charge is 0.136 e. The summed E-state index contributed by atoms with van der Waals surface area (Å²) < 4.78 is 0. The van der Waals surface area contributed by atoms with Crippen molar-refractivity contribution in [3.8, 4) is 0 Å². The average Bonchev–Trinajstić information content (AvgIpc) is 2.35. The number of anilines is 2. The highest BCUT2D eigenvalue weighted by molar-refractivity contribution is 5.57. The molecule has 1 aromatic rings. The molecule has 0 saturated heterocycles. The molecule has 0 atom stereocenters. The van der Waals surface area contributed by atoms with Crippen LogP contribution in [0.2, 0.25) is 0 Å². The SMILES string of the molecule is CCCNc1ncnc(N(C)CC2CC(O)C2)c1C. The van der Waals surface area contributed by atoms with Crippen LogP contribution in [0.1, 0.15) is 31.7 Å². The topological polar surface area (TPSA) is 61.3 Å². The molecular formula is C14H24N4O. The van der Waals surface area contributed by atoms with Crippen molar-refractivity contribution < 1.29 is 5.11 Å². The fourth-order valence-electron chi connectivity index (χ4n) is 2.57. The molecule has 1 heterocycles. The summed E-state index contributed by atoms with van der Waals surface area (Å²) in [6.45, 7) is 6.07. The van der Waals surface area contributed by atoms with Crippen molar-refractivity contribution in [2.24, 2.45) is 5.92 Å². The third-order valence-corrected chi connectivity index (χ3v) is 3.70. The molecule has 1 fully saturated rings. The maximum Gasteiger partial charge on any atom is 0.136 e. The average molecular weight is 264 g/mol. The molecule has 2 N–H and O–H groups in total. The van der Waals surface area contributed by atoms with Crippen LogP contribution in [0.25, 0.3) is 0 Å². The van der Waals surface area contributed by atoms with Gasteiger partial charge in [-0.3, -0.25) is 0 Å². The fraction of sp³-hybridized carbons (Fsp3) is 0.714. The van der Waals surface area contributed by atoms with Crippen LogP contribution >= 0.6 is 0 Å². The molecule has 0 amide bonds. The maximum atomic E-state index is 9.34. The van der Waals surface area contributed by atoms with Gasteiger partial charge in [-0.1, -0.05) is 6.92 Å². The normalized spacial score (nSPS) is 21.9. The van der Waals surface area contributed by atoms with Gasteiger partial charge in [-0.15, -0.1) is 0 Å². The molecule has 1 aliphatic rings. The summed E-state index contributed by atoms with van der Waals surface area (Å²) in [5, 5.41) is 12.7. The van der Waals surface area contributed by atoms with Gasteiger partial charge in [-0.25, -0.2) is 9.97 Å². The van der Waals surface area contributed by atoms with Gasteiger partial charge in [0.25, 0.3) is 0 Å². The Morgan fingerprint density at radius 3 is 2.79 bits per heavy atom. The zero-order valence-corrected chi connectivity index (χ0v) is 12.1. The van der Waals surface area contributed by atoms with Crippen molar-refractivity contribution >= 4 is 11.6 Å². The number of hydrogen-bond acceptors (Lipinski definition) is 5. The van der Waals surface area contributed by atoms with Crippen LogP contribution in [0.15, 0.2) is 6.33 Å². The van der Waals surface area contributed by atoms with Gasteiger partial charge in [0.05, 0.1) is 6.10 Å². The third-order valence-electron chi connectivity index (χ3n) is 3.70. The number of aliphatic hydroxyl groups excluding tert-OH is 1. The second-order valence-electron chi connectivity index (χ2n) is 5.47. The number of rotatable bonds is 6. The molecule has 1 aliphatic carbocycles. The predicted molar refractivity (Wildman–Crippen MR) is 77.6 cm³/mol. The summed E-state index contributed by atoms with van der Waals surface area (Å²) in [7, 11) is 2.06. The van der Waals surface area contributed by atoms with Gasteiger partial charge in [-0.2, -0.15) is 0 Å². The second-order valence-corrected chi connectivity index (χ2v) is 5.47. The number of nitrogens with one attached hydrogen (secondary N) is 1. The number of aromatic nitrogens is 2. The molecule has 1 aromatic heterocycles. The minimum atomic E-state index is -0.0910. The van der Waals surface area contributed by atoms with E-state index >= 15 is 0 Å². The van der Waals surface area contributed by atoms with E-state index < -0.39 is 0 Å². The summed E-state index contributed by atoms with van der Waals surface area (Å²) >= 11 is 0. The standard InChI is InChI=1S/C14H24N4O/c1-4-5-15-13-10(2)14(17-9-16-13)18(3)8-11-6-12(19)7-11/h9,11-12,19H,4-8H2,1-3H3,(H,15,16,17). The Labute approximate surface area is 115 Å². The van der Waals surface area contributed by atoms with E-state index in [4.69, 9.17) is 0 Å². The Balaban J connectivity index is 2.02. The van der Waals surface area contributed by atoms with Gasteiger partial charge in [-0.05, 0) is 32.1 Å². The van der Waals surface area contributed by atoms with Crippen molar-refractivity contribution in [2.75, 3.05) is 30.4 Å². The first-order valence-electron chi connectivity index (χ1n) is 7.06. The molecular weight excluding hydrogens is 240 g/mol. The monoisotopic (exact) mass is 264 g/mol. The van der Waals surface area contributed by atoms with E-state index in [9.17, 15) is 5.11 Å². The highest BCUT2D eigenvalue weighted by Crippen LogP contribution is 2.30. The molecule has 0 spiro atoms. The lowest BCUT2D eigenvalue weighted by Crippen LogP contribution is -2.37. The van der Waals surface area contributed by atoms with E-state index in [-0.39, 0.29) is 6.10 Å². The molecule has 106 valence electrons. The zero-order chi connectivity index (χ0) is 13.8. The lowest BCUT2D eigenvalue weighted by atomic mass is 9.82. The summed E-state index contributed by atoms with van der Waals surface area (Å²) in [5.41, 5.74) is 1.10. The molecule has 0 aliphatic heterocycles. The van der Waals surface area contributed by atoms with Crippen molar-refractivity contribution in [2.45, 2.75) is 39.2 Å². The van der Waals surface area contributed by atoms with Crippen LogP contribution in [0.5, 0.6) is 0 Å². The summed E-state index contributed by atoms with van der Waals surface area (Å²) in [4.78, 5) is 10.9. The molecule has 5 heteroatoms. The van der Waals surface area contributed by atoms with E-state index in [2.05, 4.69) is 41.1 Å². The first kappa shape index (κ1) is 14.1. The molecule has 1 saturated carbocycles. The molecule has 0 radical (unpaired) electrons. The second kappa shape index (κ2) is 6.19. The van der Waals surface area contributed by atoms with Crippen LogP contribution in [0, 0.1) is 12.8 Å². The van der Waals surface area contributed by atoms with Gasteiger partial charge in [0, 0.05) is 25.7 Å².